The minimum absolute atomic E-state index is 0.330. The molecule has 0 aromatic carbocycles. The number of nitrogens with zero attached hydrogens (tertiary/aromatic N) is 2. The molecule has 1 saturated heterocycles. The summed E-state index contributed by atoms with van der Waals surface area (Å²) in [6, 6.07) is 2.33. The third kappa shape index (κ3) is 4.59. The van der Waals surface area contributed by atoms with Crippen LogP contribution in [0.15, 0.2) is 11.6 Å². The molecule has 1 heterocycles. The molecule has 3 nitrogen and oxygen atoms in total. The Balaban J connectivity index is 2.00. The molecule has 128 valence electrons. The number of rotatable bonds is 4. The van der Waals surface area contributed by atoms with E-state index in [1.54, 1.807) is 0 Å². The summed E-state index contributed by atoms with van der Waals surface area (Å²) in [5.74, 6) is 2.90. The van der Waals surface area contributed by atoms with Gasteiger partial charge in [-0.05, 0) is 55.8 Å². The van der Waals surface area contributed by atoms with Crippen LogP contribution in [0.1, 0.15) is 59.8 Å². The van der Waals surface area contributed by atoms with E-state index in [0.717, 1.165) is 38.3 Å². The predicted octanol–water partition coefficient (Wildman–Crippen LogP) is 4.40. The number of hydrogen-bond acceptors (Lipinski definition) is 2. The molecule has 1 aliphatic heterocycles. The minimum atomic E-state index is 0.330. The summed E-state index contributed by atoms with van der Waals surface area (Å²) in [5, 5.41) is 9.07. The van der Waals surface area contributed by atoms with Gasteiger partial charge >= 0.3 is 0 Å². The Hall–Kier alpha value is -1.30. The minimum Gasteiger partial charge on any atom is -0.343 e. The van der Waals surface area contributed by atoms with Crippen molar-refractivity contribution in [3.8, 4) is 6.07 Å². The van der Waals surface area contributed by atoms with Crippen molar-refractivity contribution in [2.75, 3.05) is 13.1 Å². The fraction of sp³-hybridized carbons (Fsp3) is 0.800. The molecule has 0 radical (unpaired) electrons. The first-order chi connectivity index (χ1) is 10.9. The molecule has 2 rings (SSSR count). The van der Waals surface area contributed by atoms with E-state index in [4.69, 9.17) is 5.26 Å². The first-order valence-corrected chi connectivity index (χ1v) is 9.25. The number of carbonyl (C=O) groups excluding carboxylic acids is 1. The molecule has 0 unspecified atom stereocenters. The van der Waals surface area contributed by atoms with Crippen LogP contribution in [0.3, 0.4) is 0 Å². The average molecular weight is 316 g/mol. The quantitative estimate of drug-likeness (QED) is 0.721. The largest absolute Gasteiger partial charge is 0.343 e. The lowest BCUT2D eigenvalue weighted by Gasteiger charge is -2.37. The molecule has 0 saturated carbocycles. The maximum atomic E-state index is 12.6. The molecule has 2 aliphatic rings. The van der Waals surface area contributed by atoms with E-state index < -0.39 is 0 Å². The second kappa shape index (κ2) is 7.99. The Morgan fingerprint density at radius 2 is 2.04 bits per heavy atom. The molecule has 3 atom stereocenters. The van der Waals surface area contributed by atoms with Gasteiger partial charge in [-0.3, -0.25) is 4.79 Å². The van der Waals surface area contributed by atoms with Crippen LogP contribution < -0.4 is 0 Å². The van der Waals surface area contributed by atoms with Crippen molar-refractivity contribution in [3.63, 3.8) is 0 Å². The van der Waals surface area contributed by atoms with E-state index in [1.165, 1.54) is 5.57 Å². The zero-order chi connectivity index (χ0) is 17.0. The summed E-state index contributed by atoms with van der Waals surface area (Å²) in [4.78, 5) is 14.7. The second-order valence-corrected chi connectivity index (χ2v) is 8.04. The maximum Gasteiger partial charge on any atom is 0.223 e. The third-order valence-electron chi connectivity index (χ3n) is 5.97. The number of amides is 1. The number of likely N-dealkylation sites (tertiary alicyclic amines) is 1. The van der Waals surface area contributed by atoms with Gasteiger partial charge in [-0.25, -0.2) is 0 Å². The van der Waals surface area contributed by atoms with Crippen molar-refractivity contribution in [1.29, 1.82) is 5.26 Å². The highest BCUT2D eigenvalue weighted by Crippen LogP contribution is 2.40. The molecular weight excluding hydrogens is 284 g/mol. The van der Waals surface area contributed by atoms with Gasteiger partial charge in [-0.15, -0.1) is 0 Å². The van der Waals surface area contributed by atoms with Gasteiger partial charge in [-0.2, -0.15) is 5.26 Å². The molecule has 0 bridgehead atoms. The van der Waals surface area contributed by atoms with Crippen LogP contribution >= 0.6 is 0 Å². The smallest absolute Gasteiger partial charge is 0.223 e. The van der Waals surface area contributed by atoms with Gasteiger partial charge in [0, 0.05) is 25.9 Å². The first-order valence-electron chi connectivity index (χ1n) is 9.25. The molecule has 0 spiro atoms. The average Bonchev–Trinajstić information content (AvgIpc) is 2.50. The second-order valence-electron chi connectivity index (χ2n) is 8.04. The van der Waals surface area contributed by atoms with Crippen molar-refractivity contribution in [1.82, 2.24) is 4.90 Å². The molecule has 0 aromatic heterocycles. The lowest BCUT2D eigenvalue weighted by Crippen LogP contribution is -2.39. The molecule has 1 fully saturated rings. The van der Waals surface area contributed by atoms with Gasteiger partial charge in [0.2, 0.25) is 5.91 Å². The highest BCUT2D eigenvalue weighted by Gasteiger charge is 2.33. The van der Waals surface area contributed by atoms with E-state index in [1.807, 2.05) is 0 Å². The van der Waals surface area contributed by atoms with Gasteiger partial charge in [0.25, 0.3) is 0 Å². The Kier molecular flexibility index (Phi) is 6.27. The van der Waals surface area contributed by atoms with Gasteiger partial charge in [0.05, 0.1) is 6.07 Å². The summed E-state index contributed by atoms with van der Waals surface area (Å²) in [6.45, 7) is 10.8. The number of hydrogen-bond donors (Lipinski definition) is 0. The van der Waals surface area contributed by atoms with Gasteiger partial charge in [0.15, 0.2) is 0 Å². The van der Waals surface area contributed by atoms with E-state index in [9.17, 15) is 4.79 Å². The monoisotopic (exact) mass is 316 g/mol. The zero-order valence-electron chi connectivity index (χ0n) is 15.2. The Bertz CT molecular complexity index is 480. The molecule has 1 amide bonds. The highest BCUT2D eigenvalue weighted by molar-refractivity contribution is 5.77. The number of carbonyl (C=O) groups is 1. The third-order valence-corrected chi connectivity index (χ3v) is 5.97. The maximum absolute atomic E-state index is 12.6. The summed E-state index contributed by atoms with van der Waals surface area (Å²) in [5.41, 5.74) is 1.32. The van der Waals surface area contributed by atoms with Gasteiger partial charge < -0.3 is 4.90 Å². The summed E-state index contributed by atoms with van der Waals surface area (Å²) in [7, 11) is 0. The molecule has 3 heteroatoms. The van der Waals surface area contributed by atoms with E-state index in [2.05, 4.69) is 44.7 Å². The van der Waals surface area contributed by atoms with Crippen LogP contribution in [0.4, 0.5) is 0 Å². The zero-order valence-corrected chi connectivity index (χ0v) is 15.2. The highest BCUT2D eigenvalue weighted by atomic mass is 16.2. The van der Waals surface area contributed by atoms with Crippen LogP contribution in [-0.4, -0.2) is 23.9 Å². The number of piperidine rings is 1. The number of allylic oxidation sites excluding steroid dienone is 2. The van der Waals surface area contributed by atoms with E-state index in [0.29, 0.717) is 42.4 Å². The number of nitriles is 1. The van der Waals surface area contributed by atoms with Crippen LogP contribution in [0, 0.1) is 40.9 Å². The topological polar surface area (TPSA) is 44.1 Å². The lowest BCUT2D eigenvalue weighted by atomic mass is 9.69. The van der Waals surface area contributed by atoms with Crippen molar-refractivity contribution < 1.29 is 4.79 Å². The molecule has 0 aromatic rings. The fourth-order valence-corrected chi connectivity index (χ4v) is 4.21. The van der Waals surface area contributed by atoms with Crippen molar-refractivity contribution in [2.24, 2.45) is 29.6 Å². The van der Waals surface area contributed by atoms with Crippen LogP contribution in [0.5, 0.6) is 0 Å². The molecular formula is C20H32N2O. The Labute approximate surface area is 141 Å². The lowest BCUT2D eigenvalue weighted by molar-refractivity contribution is -0.133. The SMILES string of the molecule is CC1=C[C@@H](CC#N)[C@H](C(C)C)C[C@H]1CC(=O)N1CCC(C)CC1. The predicted molar refractivity (Wildman–Crippen MR) is 93.5 cm³/mol. The van der Waals surface area contributed by atoms with Gasteiger partial charge in [0.1, 0.15) is 0 Å². The molecule has 0 N–H and O–H groups in total. The van der Waals surface area contributed by atoms with Crippen molar-refractivity contribution in [2.45, 2.75) is 59.8 Å². The van der Waals surface area contributed by atoms with E-state index in [-0.39, 0.29) is 0 Å². The molecule has 23 heavy (non-hydrogen) atoms. The normalized spacial score (nSPS) is 29.3. The van der Waals surface area contributed by atoms with Crippen LogP contribution in [0.2, 0.25) is 0 Å². The summed E-state index contributed by atoms with van der Waals surface area (Å²) in [6.07, 6.45) is 6.88. The Morgan fingerprint density at radius 3 is 2.61 bits per heavy atom. The summed E-state index contributed by atoms with van der Waals surface area (Å²) >= 11 is 0. The van der Waals surface area contributed by atoms with Crippen molar-refractivity contribution in [3.05, 3.63) is 11.6 Å². The van der Waals surface area contributed by atoms with Gasteiger partial charge in [-0.1, -0.05) is 32.4 Å². The molecule has 1 aliphatic carbocycles. The fourth-order valence-electron chi connectivity index (χ4n) is 4.21. The van der Waals surface area contributed by atoms with Crippen LogP contribution in [0.25, 0.3) is 0 Å². The first kappa shape index (κ1) is 18.0. The van der Waals surface area contributed by atoms with Crippen LogP contribution in [-0.2, 0) is 4.79 Å². The standard InChI is InChI=1S/C20H32N2O/c1-14(2)19-12-18(16(4)11-17(19)5-8-21)13-20(23)22-9-6-15(3)7-10-22/h11,14-15,17-19H,5-7,9-10,12-13H2,1-4H3/t17-,18+,19+/m1/s1. The summed E-state index contributed by atoms with van der Waals surface area (Å²) < 4.78 is 0. The van der Waals surface area contributed by atoms with E-state index >= 15 is 0 Å². The van der Waals surface area contributed by atoms with Crippen molar-refractivity contribution >= 4 is 5.91 Å². The Morgan fingerprint density at radius 1 is 1.39 bits per heavy atom.